The van der Waals surface area contributed by atoms with Crippen molar-refractivity contribution in [1.29, 1.82) is 0 Å². The van der Waals surface area contributed by atoms with Crippen molar-refractivity contribution in [1.82, 2.24) is 14.8 Å². The molecule has 2 aromatic rings. The van der Waals surface area contributed by atoms with Crippen LogP contribution in [0.4, 0.5) is 0 Å². The molecule has 0 aliphatic carbocycles. The smallest absolute Gasteiger partial charge is 0.341 e. The maximum Gasteiger partial charge on any atom is 0.341 e. The van der Waals surface area contributed by atoms with Gasteiger partial charge in [0.25, 0.3) is 0 Å². The average molecular weight is 245 g/mol. The number of aromatic nitrogens is 3. The fourth-order valence-electron chi connectivity index (χ4n) is 1.80. The maximum atomic E-state index is 11.9. The van der Waals surface area contributed by atoms with E-state index in [-0.39, 0.29) is 5.97 Å². The van der Waals surface area contributed by atoms with E-state index < -0.39 is 0 Å². The Labute approximate surface area is 105 Å². The van der Waals surface area contributed by atoms with E-state index in [1.807, 2.05) is 19.1 Å². The van der Waals surface area contributed by atoms with Gasteiger partial charge in [-0.15, -0.1) is 0 Å². The summed E-state index contributed by atoms with van der Waals surface area (Å²) in [4.78, 5) is 15.9. The van der Waals surface area contributed by atoms with Gasteiger partial charge in [-0.25, -0.2) is 4.79 Å². The monoisotopic (exact) mass is 245 g/mol. The third-order valence-corrected chi connectivity index (χ3v) is 2.59. The zero-order valence-corrected chi connectivity index (χ0v) is 10.5. The quantitative estimate of drug-likeness (QED) is 0.774. The molecule has 0 aliphatic rings. The van der Waals surface area contributed by atoms with E-state index in [0.29, 0.717) is 18.7 Å². The summed E-state index contributed by atoms with van der Waals surface area (Å²) in [6.07, 6.45) is 4.94. The number of hydrogen-bond donors (Lipinski definition) is 0. The Morgan fingerprint density at radius 2 is 2.06 bits per heavy atom. The van der Waals surface area contributed by atoms with Crippen LogP contribution in [-0.4, -0.2) is 27.3 Å². The van der Waals surface area contributed by atoms with E-state index in [4.69, 9.17) is 4.74 Å². The number of rotatable bonds is 4. The standard InChI is InChI=1S/C13H15N3O2/c1-3-16-12(10-5-7-14-8-6-10)11(9-15-16)13(17)18-4-2/h5-9H,3-4H2,1-2H3. The third kappa shape index (κ3) is 2.25. The summed E-state index contributed by atoms with van der Waals surface area (Å²) >= 11 is 0. The van der Waals surface area contributed by atoms with E-state index in [1.165, 1.54) is 0 Å². The molecule has 5 nitrogen and oxygen atoms in total. The summed E-state index contributed by atoms with van der Waals surface area (Å²) in [5.41, 5.74) is 2.18. The summed E-state index contributed by atoms with van der Waals surface area (Å²) in [5, 5.41) is 4.21. The van der Waals surface area contributed by atoms with Crippen molar-refractivity contribution in [2.45, 2.75) is 20.4 Å². The first-order valence-corrected chi connectivity index (χ1v) is 5.91. The molecule has 0 spiro atoms. The van der Waals surface area contributed by atoms with Gasteiger partial charge < -0.3 is 4.74 Å². The first kappa shape index (κ1) is 12.3. The molecule has 2 aromatic heterocycles. The van der Waals surface area contributed by atoms with Gasteiger partial charge in [-0.2, -0.15) is 5.10 Å². The van der Waals surface area contributed by atoms with E-state index in [1.54, 1.807) is 30.2 Å². The largest absolute Gasteiger partial charge is 0.462 e. The van der Waals surface area contributed by atoms with E-state index in [2.05, 4.69) is 10.1 Å². The lowest BCUT2D eigenvalue weighted by molar-refractivity contribution is 0.0527. The second-order valence-corrected chi connectivity index (χ2v) is 3.68. The van der Waals surface area contributed by atoms with Crippen LogP contribution in [0.3, 0.4) is 0 Å². The van der Waals surface area contributed by atoms with Gasteiger partial charge in [0.15, 0.2) is 0 Å². The van der Waals surface area contributed by atoms with Crippen LogP contribution in [0.15, 0.2) is 30.7 Å². The molecule has 0 amide bonds. The number of hydrogen-bond acceptors (Lipinski definition) is 4. The van der Waals surface area contributed by atoms with Crippen molar-refractivity contribution in [2.24, 2.45) is 0 Å². The highest BCUT2D eigenvalue weighted by Gasteiger charge is 2.19. The molecule has 0 aromatic carbocycles. The first-order valence-electron chi connectivity index (χ1n) is 5.91. The highest BCUT2D eigenvalue weighted by molar-refractivity contribution is 5.96. The number of carbonyl (C=O) groups excluding carboxylic acids is 1. The zero-order valence-electron chi connectivity index (χ0n) is 10.5. The highest BCUT2D eigenvalue weighted by Crippen LogP contribution is 2.23. The summed E-state index contributed by atoms with van der Waals surface area (Å²) in [6, 6.07) is 3.71. The Kier molecular flexibility index (Phi) is 3.72. The van der Waals surface area contributed by atoms with Crippen molar-refractivity contribution >= 4 is 5.97 Å². The molecule has 18 heavy (non-hydrogen) atoms. The van der Waals surface area contributed by atoms with Gasteiger partial charge in [-0.05, 0) is 26.0 Å². The van der Waals surface area contributed by atoms with Gasteiger partial charge in [0.2, 0.25) is 0 Å². The molecule has 0 unspecified atom stereocenters. The van der Waals surface area contributed by atoms with E-state index in [0.717, 1.165) is 11.3 Å². The molecule has 2 heterocycles. The van der Waals surface area contributed by atoms with Gasteiger partial charge >= 0.3 is 5.97 Å². The van der Waals surface area contributed by atoms with E-state index in [9.17, 15) is 4.79 Å². The SMILES string of the molecule is CCOC(=O)c1cnn(CC)c1-c1ccncc1. The zero-order chi connectivity index (χ0) is 13.0. The molecule has 0 saturated heterocycles. The lowest BCUT2D eigenvalue weighted by Crippen LogP contribution is -2.07. The van der Waals surface area contributed by atoms with E-state index >= 15 is 0 Å². The Bertz CT molecular complexity index is 534. The number of nitrogens with zero attached hydrogens (tertiary/aromatic N) is 3. The maximum absolute atomic E-state index is 11.9. The third-order valence-electron chi connectivity index (χ3n) is 2.59. The first-order chi connectivity index (χ1) is 8.77. The molecule has 0 saturated carbocycles. The second kappa shape index (κ2) is 5.44. The van der Waals surface area contributed by atoms with Gasteiger partial charge in [0, 0.05) is 24.5 Å². The fourth-order valence-corrected chi connectivity index (χ4v) is 1.80. The predicted molar refractivity (Wildman–Crippen MR) is 67.1 cm³/mol. The van der Waals surface area contributed by atoms with Gasteiger partial charge in [-0.1, -0.05) is 0 Å². The predicted octanol–water partition coefficient (Wildman–Crippen LogP) is 2.14. The molecule has 2 rings (SSSR count). The second-order valence-electron chi connectivity index (χ2n) is 3.68. The van der Waals surface area contributed by atoms with Crippen molar-refractivity contribution in [3.8, 4) is 11.3 Å². The Morgan fingerprint density at radius 1 is 1.33 bits per heavy atom. The van der Waals surface area contributed by atoms with Crippen molar-refractivity contribution in [3.05, 3.63) is 36.3 Å². The molecular formula is C13H15N3O2. The minimum atomic E-state index is -0.344. The van der Waals surface area contributed by atoms with Crippen LogP contribution >= 0.6 is 0 Å². The molecule has 0 atom stereocenters. The lowest BCUT2D eigenvalue weighted by Gasteiger charge is -2.07. The molecule has 0 N–H and O–H groups in total. The van der Waals surface area contributed by atoms with Crippen LogP contribution in [0.5, 0.6) is 0 Å². The van der Waals surface area contributed by atoms with Crippen LogP contribution in [0.1, 0.15) is 24.2 Å². The summed E-state index contributed by atoms with van der Waals surface area (Å²) < 4.78 is 6.82. The summed E-state index contributed by atoms with van der Waals surface area (Å²) in [6.45, 7) is 4.81. The van der Waals surface area contributed by atoms with Crippen LogP contribution in [-0.2, 0) is 11.3 Å². The molecule has 0 radical (unpaired) electrons. The Hall–Kier alpha value is -2.17. The number of pyridine rings is 1. The van der Waals surface area contributed by atoms with Crippen molar-refractivity contribution in [3.63, 3.8) is 0 Å². The lowest BCUT2D eigenvalue weighted by atomic mass is 10.1. The normalized spacial score (nSPS) is 10.3. The van der Waals surface area contributed by atoms with Gasteiger partial charge in [-0.3, -0.25) is 9.67 Å². The minimum Gasteiger partial charge on any atom is -0.462 e. The number of carbonyl (C=O) groups is 1. The number of ether oxygens (including phenoxy) is 1. The van der Waals surface area contributed by atoms with Crippen LogP contribution in [0, 0.1) is 0 Å². The Morgan fingerprint density at radius 3 is 2.67 bits per heavy atom. The van der Waals surface area contributed by atoms with Crippen LogP contribution < -0.4 is 0 Å². The number of aryl methyl sites for hydroxylation is 1. The van der Waals surface area contributed by atoms with Gasteiger partial charge in [0.1, 0.15) is 5.56 Å². The highest BCUT2D eigenvalue weighted by atomic mass is 16.5. The molecule has 0 aliphatic heterocycles. The summed E-state index contributed by atoms with van der Waals surface area (Å²) in [5.74, 6) is -0.344. The molecule has 0 bridgehead atoms. The molecule has 0 fully saturated rings. The number of esters is 1. The van der Waals surface area contributed by atoms with Gasteiger partial charge in [0.05, 0.1) is 18.5 Å². The van der Waals surface area contributed by atoms with Crippen molar-refractivity contribution in [2.75, 3.05) is 6.61 Å². The fraction of sp³-hybridized carbons (Fsp3) is 0.308. The van der Waals surface area contributed by atoms with Crippen LogP contribution in [0.25, 0.3) is 11.3 Å². The Balaban J connectivity index is 2.50. The van der Waals surface area contributed by atoms with Crippen molar-refractivity contribution < 1.29 is 9.53 Å². The minimum absolute atomic E-state index is 0.344. The summed E-state index contributed by atoms with van der Waals surface area (Å²) in [7, 11) is 0. The van der Waals surface area contributed by atoms with Crippen LogP contribution in [0.2, 0.25) is 0 Å². The average Bonchev–Trinajstić information content (AvgIpc) is 2.83. The topological polar surface area (TPSA) is 57.0 Å². The molecule has 94 valence electrons. The molecule has 5 heteroatoms. The molecular weight excluding hydrogens is 230 g/mol.